The van der Waals surface area contributed by atoms with E-state index in [4.69, 9.17) is 9.68 Å². The van der Waals surface area contributed by atoms with Crippen LogP contribution in [-0.2, 0) is 0 Å². The molecule has 6 nitrogen and oxygen atoms in total. The molecule has 1 heterocycles. The number of aromatic hydroxyl groups is 1. The number of benzene rings is 1. The molecule has 6 heteroatoms. The summed E-state index contributed by atoms with van der Waals surface area (Å²) >= 11 is 0. The Morgan fingerprint density at radius 1 is 1.47 bits per heavy atom. The first kappa shape index (κ1) is 9.02. The molecule has 1 aromatic heterocycles. The van der Waals surface area contributed by atoms with E-state index in [1.807, 2.05) is 0 Å². The number of fused-ring (bicyclic) bond motifs is 1. The highest BCUT2D eigenvalue weighted by Gasteiger charge is 2.16. The van der Waals surface area contributed by atoms with E-state index in [0.717, 1.165) is 12.1 Å². The molecule has 0 aliphatic rings. The van der Waals surface area contributed by atoms with Crippen LogP contribution in [-0.4, -0.2) is 10.0 Å². The summed E-state index contributed by atoms with van der Waals surface area (Å²) in [4.78, 5) is 9.79. The van der Waals surface area contributed by atoms with Crippen LogP contribution in [0.1, 0.15) is 5.76 Å². The summed E-state index contributed by atoms with van der Waals surface area (Å²) in [5.41, 5.74) is -0.164. The van der Waals surface area contributed by atoms with Crippen LogP contribution in [0.25, 0.3) is 11.0 Å². The molecule has 0 amide bonds. The van der Waals surface area contributed by atoms with E-state index >= 15 is 0 Å². The van der Waals surface area contributed by atoms with Crippen molar-refractivity contribution in [1.29, 1.82) is 5.26 Å². The van der Waals surface area contributed by atoms with Crippen molar-refractivity contribution in [2.24, 2.45) is 0 Å². The maximum atomic E-state index is 10.5. The van der Waals surface area contributed by atoms with E-state index in [-0.39, 0.29) is 11.3 Å². The minimum Gasteiger partial charge on any atom is -0.502 e. The summed E-state index contributed by atoms with van der Waals surface area (Å²) in [6.45, 7) is 0. The van der Waals surface area contributed by atoms with Crippen LogP contribution in [0.4, 0.5) is 5.69 Å². The van der Waals surface area contributed by atoms with Crippen molar-refractivity contribution in [2.45, 2.75) is 0 Å². The van der Waals surface area contributed by atoms with Gasteiger partial charge in [-0.25, -0.2) is 0 Å². The molecule has 0 spiro atoms. The topological polar surface area (TPSA) is 100 Å². The molecule has 0 aliphatic carbocycles. The number of nitro groups is 1. The highest BCUT2D eigenvalue weighted by atomic mass is 16.6. The van der Waals surface area contributed by atoms with Crippen molar-refractivity contribution < 1.29 is 14.4 Å². The van der Waals surface area contributed by atoms with Gasteiger partial charge < -0.3 is 9.52 Å². The Morgan fingerprint density at radius 2 is 2.20 bits per heavy atom. The Morgan fingerprint density at radius 3 is 2.80 bits per heavy atom. The second-order valence-corrected chi connectivity index (χ2v) is 2.86. The highest BCUT2D eigenvalue weighted by molar-refractivity contribution is 5.83. The van der Waals surface area contributed by atoms with Crippen molar-refractivity contribution in [3.63, 3.8) is 0 Å². The fourth-order valence-electron chi connectivity index (χ4n) is 1.27. The molecule has 1 aromatic carbocycles. The number of nitrogens with zero attached hydrogens (tertiary/aromatic N) is 2. The number of phenolic OH excluding ortho intramolecular Hbond substituents is 1. The zero-order chi connectivity index (χ0) is 11.0. The first-order chi connectivity index (χ1) is 7.11. The molecule has 74 valence electrons. The number of phenols is 1. The van der Waals surface area contributed by atoms with Crippen LogP contribution in [0, 0.1) is 21.4 Å². The lowest BCUT2D eigenvalue weighted by molar-refractivity contribution is -0.385. The van der Waals surface area contributed by atoms with E-state index < -0.39 is 16.4 Å². The van der Waals surface area contributed by atoms with Crippen molar-refractivity contribution in [3.8, 4) is 11.8 Å². The molecule has 0 fully saturated rings. The van der Waals surface area contributed by atoms with Gasteiger partial charge in [0.1, 0.15) is 11.7 Å². The van der Waals surface area contributed by atoms with Crippen molar-refractivity contribution in [2.75, 3.05) is 0 Å². The lowest BCUT2D eigenvalue weighted by atomic mass is 10.2. The first-order valence-corrected chi connectivity index (χ1v) is 3.93. The standard InChI is InChI=1S/C9H4N2O4/c10-4-6-1-5-2-7(11(13)14)8(12)3-9(5)15-6/h1-3,12H. The molecule has 2 rings (SSSR count). The molecule has 0 saturated carbocycles. The summed E-state index contributed by atoms with van der Waals surface area (Å²) < 4.78 is 4.99. The summed E-state index contributed by atoms with van der Waals surface area (Å²) in [5, 5.41) is 28.7. The molecule has 0 aliphatic heterocycles. The summed E-state index contributed by atoms with van der Waals surface area (Å²) in [6.07, 6.45) is 0. The van der Waals surface area contributed by atoms with Gasteiger partial charge in [0.2, 0.25) is 5.76 Å². The van der Waals surface area contributed by atoms with Crippen molar-refractivity contribution in [1.82, 2.24) is 0 Å². The van der Waals surface area contributed by atoms with Gasteiger partial charge in [-0.3, -0.25) is 10.1 Å². The SMILES string of the molecule is N#Cc1cc2cc([N+](=O)[O-])c(O)cc2o1. The second-order valence-electron chi connectivity index (χ2n) is 2.86. The maximum Gasteiger partial charge on any atom is 0.311 e. The van der Waals surface area contributed by atoms with E-state index in [2.05, 4.69) is 0 Å². The van der Waals surface area contributed by atoms with E-state index in [0.29, 0.717) is 5.39 Å². The number of nitriles is 1. The highest BCUT2D eigenvalue weighted by Crippen LogP contribution is 2.32. The minimum atomic E-state index is -0.701. The van der Waals surface area contributed by atoms with Crippen LogP contribution in [0.3, 0.4) is 0 Å². The number of nitro benzene ring substituents is 1. The van der Waals surface area contributed by atoms with Crippen molar-refractivity contribution >= 4 is 16.7 Å². The van der Waals surface area contributed by atoms with Gasteiger partial charge in [0.05, 0.1) is 4.92 Å². The Hall–Kier alpha value is -2.55. The Balaban J connectivity index is 2.75. The van der Waals surface area contributed by atoms with E-state index in [1.54, 1.807) is 6.07 Å². The van der Waals surface area contributed by atoms with Crippen LogP contribution in [0.15, 0.2) is 22.6 Å². The van der Waals surface area contributed by atoms with Gasteiger partial charge in [-0.1, -0.05) is 0 Å². The normalized spacial score (nSPS) is 10.1. The monoisotopic (exact) mass is 204 g/mol. The lowest BCUT2D eigenvalue weighted by Crippen LogP contribution is -1.87. The smallest absolute Gasteiger partial charge is 0.311 e. The van der Waals surface area contributed by atoms with Gasteiger partial charge >= 0.3 is 5.69 Å². The molecular weight excluding hydrogens is 200 g/mol. The fourth-order valence-corrected chi connectivity index (χ4v) is 1.27. The van der Waals surface area contributed by atoms with E-state index in [9.17, 15) is 15.2 Å². The molecule has 0 radical (unpaired) electrons. The second kappa shape index (κ2) is 2.99. The maximum absolute atomic E-state index is 10.5. The molecular formula is C9H4N2O4. The van der Waals surface area contributed by atoms with Gasteiger partial charge in [-0.15, -0.1) is 0 Å². The zero-order valence-electron chi connectivity index (χ0n) is 7.30. The van der Waals surface area contributed by atoms with Gasteiger partial charge in [-0.2, -0.15) is 5.26 Å². The van der Waals surface area contributed by atoms with Crippen LogP contribution < -0.4 is 0 Å². The number of rotatable bonds is 1. The first-order valence-electron chi connectivity index (χ1n) is 3.93. The molecule has 0 saturated heterocycles. The minimum absolute atomic E-state index is 0.0462. The van der Waals surface area contributed by atoms with Crippen molar-refractivity contribution in [3.05, 3.63) is 34.1 Å². The van der Waals surface area contributed by atoms with Crippen LogP contribution in [0.2, 0.25) is 0 Å². The van der Waals surface area contributed by atoms with E-state index in [1.165, 1.54) is 6.07 Å². The molecule has 0 atom stereocenters. The molecule has 2 aromatic rings. The van der Waals surface area contributed by atoms with Gasteiger partial charge in [-0.05, 0) is 0 Å². The van der Waals surface area contributed by atoms with Gasteiger partial charge in [0, 0.05) is 23.6 Å². The lowest BCUT2D eigenvalue weighted by Gasteiger charge is -1.94. The summed E-state index contributed by atoms with van der Waals surface area (Å²) in [7, 11) is 0. The Kier molecular flexibility index (Phi) is 1.80. The molecule has 0 unspecified atom stereocenters. The predicted octanol–water partition coefficient (Wildman–Crippen LogP) is 1.92. The third-order valence-corrected chi connectivity index (χ3v) is 1.92. The van der Waals surface area contributed by atoms with Crippen LogP contribution in [0.5, 0.6) is 5.75 Å². The quantitative estimate of drug-likeness (QED) is 0.564. The third-order valence-electron chi connectivity index (χ3n) is 1.92. The predicted molar refractivity (Wildman–Crippen MR) is 49.2 cm³/mol. The zero-order valence-corrected chi connectivity index (χ0v) is 7.30. The van der Waals surface area contributed by atoms with Crippen LogP contribution >= 0.6 is 0 Å². The number of furan rings is 1. The van der Waals surface area contributed by atoms with Gasteiger partial charge in [0.25, 0.3) is 0 Å². The average Bonchev–Trinajstić information content (AvgIpc) is 2.58. The Bertz CT molecular complexity index is 594. The third kappa shape index (κ3) is 1.36. The molecule has 15 heavy (non-hydrogen) atoms. The largest absolute Gasteiger partial charge is 0.502 e. The van der Waals surface area contributed by atoms with Gasteiger partial charge in [0.15, 0.2) is 5.75 Å². The number of hydrogen-bond donors (Lipinski definition) is 1. The number of hydrogen-bond acceptors (Lipinski definition) is 5. The average molecular weight is 204 g/mol. The molecule has 0 bridgehead atoms. The fraction of sp³-hybridized carbons (Fsp3) is 0. The Labute approximate surface area is 83.1 Å². The molecule has 1 N–H and O–H groups in total. The summed E-state index contributed by atoms with van der Waals surface area (Å²) in [5.74, 6) is -0.434. The summed E-state index contributed by atoms with van der Waals surface area (Å²) in [6, 6.07) is 5.42.